The summed E-state index contributed by atoms with van der Waals surface area (Å²) in [6, 6.07) is 6.32. The van der Waals surface area contributed by atoms with Crippen molar-refractivity contribution >= 4 is 18.6 Å². The molecule has 0 radical (unpaired) electrons. The van der Waals surface area contributed by atoms with Crippen LogP contribution in [-0.2, 0) is 11.2 Å². The fourth-order valence-corrected chi connectivity index (χ4v) is 1.32. The van der Waals surface area contributed by atoms with Crippen LogP contribution in [0.5, 0.6) is 0 Å². The van der Waals surface area contributed by atoms with Crippen LogP contribution in [0.25, 0.3) is 0 Å². The lowest BCUT2D eigenvalue weighted by molar-refractivity contribution is 0.0601. The summed E-state index contributed by atoms with van der Waals surface area (Å²) in [5, 5.41) is 26.7. The summed E-state index contributed by atoms with van der Waals surface area (Å²) in [4.78, 5) is 11.3. The van der Waals surface area contributed by atoms with Crippen LogP contribution in [0.15, 0.2) is 18.2 Å². The van der Waals surface area contributed by atoms with Gasteiger partial charge in [-0.05, 0) is 17.1 Å². The van der Waals surface area contributed by atoms with Crippen molar-refractivity contribution in [2.75, 3.05) is 7.11 Å². The first kappa shape index (κ1) is 12.2. The van der Waals surface area contributed by atoms with Crippen molar-refractivity contribution in [1.82, 2.24) is 0 Å². The maximum absolute atomic E-state index is 11.3. The summed E-state index contributed by atoms with van der Waals surface area (Å²) in [6.45, 7) is 0. The van der Waals surface area contributed by atoms with E-state index in [2.05, 4.69) is 4.74 Å². The van der Waals surface area contributed by atoms with E-state index in [4.69, 9.17) is 15.3 Å². The second-order valence-corrected chi connectivity index (χ2v) is 3.12. The Balaban J connectivity index is 3.20. The Labute approximate surface area is 93.0 Å². The molecule has 0 bridgehead atoms. The van der Waals surface area contributed by atoms with Crippen molar-refractivity contribution in [2.45, 2.75) is 6.42 Å². The van der Waals surface area contributed by atoms with Crippen molar-refractivity contribution in [3.63, 3.8) is 0 Å². The first-order valence-electron chi connectivity index (χ1n) is 4.54. The highest BCUT2D eigenvalue weighted by molar-refractivity contribution is 6.60. The second-order valence-electron chi connectivity index (χ2n) is 3.12. The van der Waals surface area contributed by atoms with E-state index in [0.29, 0.717) is 5.56 Å². The van der Waals surface area contributed by atoms with E-state index in [1.807, 2.05) is 6.07 Å². The third-order valence-electron chi connectivity index (χ3n) is 2.08. The van der Waals surface area contributed by atoms with E-state index < -0.39 is 13.1 Å². The Morgan fingerprint density at radius 2 is 2.25 bits per heavy atom. The number of methoxy groups -OCH3 is 1. The zero-order valence-electron chi connectivity index (χ0n) is 8.67. The molecule has 0 fully saturated rings. The molecule has 0 aromatic heterocycles. The fourth-order valence-electron chi connectivity index (χ4n) is 1.32. The first-order chi connectivity index (χ1) is 7.60. The highest BCUT2D eigenvalue weighted by atomic mass is 16.5. The van der Waals surface area contributed by atoms with E-state index in [-0.39, 0.29) is 17.4 Å². The van der Waals surface area contributed by atoms with Crippen LogP contribution >= 0.6 is 0 Å². The number of hydrogen-bond acceptors (Lipinski definition) is 5. The van der Waals surface area contributed by atoms with Gasteiger partial charge in [-0.2, -0.15) is 5.26 Å². The minimum absolute atomic E-state index is 0.0413. The number of rotatable bonds is 3. The van der Waals surface area contributed by atoms with Crippen molar-refractivity contribution < 1.29 is 19.6 Å². The molecule has 0 heterocycles. The van der Waals surface area contributed by atoms with Gasteiger partial charge in [0.1, 0.15) is 0 Å². The van der Waals surface area contributed by atoms with E-state index in [9.17, 15) is 4.79 Å². The summed E-state index contributed by atoms with van der Waals surface area (Å²) >= 11 is 0. The molecule has 1 aromatic carbocycles. The third kappa shape index (κ3) is 2.60. The molecule has 0 spiro atoms. The van der Waals surface area contributed by atoms with E-state index >= 15 is 0 Å². The molecule has 0 amide bonds. The maximum atomic E-state index is 11.3. The molecule has 0 unspecified atom stereocenters. The molecular formula is C10H10BNO4. The standard InChI is InChI=1S/C10H10BNO4/c1-16-10(13)8-3-2-7(4-5-12)6-9(8)11(14)15/h2-3,6,14-15H,4H2,1H3. The molecule has 0 saturated heterocycles. The largest absolute Gasteiger partial charge is 0.489 e. The smallest absolute Gasteiger partial charge is 0.465 e. The molecule has 6 heteroatoms. The van der Waals surface area contributed by atoms with Crippen LogP contribution in [0.1, 0.15) is 15.9 Å². The van der Waals surface area contributed by atoms with Crippen LogP contribution in [0, 0.1) is 11.3 Å². The molecule has 0 atom stereocenters. The number of carbonyl (C=O) groups excluding carboxylic acids is 1. The van der Waals surface area contributed by atoms with Gasteiger partial charge in [-0.3, -0.25) is 0 Å². The van der Waals surface area contributed by atoms with Crippen molar-refractivity contribution in [2.24, 2.45) is 0 Å². The molecule has 82 valence electrons. The van der Waals surface area contributed by atoms with Crippen LogP contribution < -0.4 is 5.46 Å². The Bertz CT molecular complexity index is 439. The number of esters is 1. The predicted octanol–water partition coefficient (Wildman–Crippen LogP) is -0.781. The van der Waals surface area contributed by atoms with Gasteiger partial charge in [0.15, 0.2) is 0 Å². The van der Waals surface area contributed by atoms with Gasteiger partial charge < -0.3 is 14.8 Å². The number of nitriles is 1. The Morgan fingerprint density at radius 3 is 2.75 bits per heavy atom. The second kappa shape index (κ2) is 5.30. The SMILES string of the molecule is COC(=O)c1ccc(CC#N)cc1B(O)O. The maximum Gasteiger partial charge on any atom is 0.489 e. The fraction of sp³-hybridized carbons (Fsp3) is 0.200. The van der Waals surface area contributed by atoms with Crippen LogP contribution in [0.4, 0.5) is 0 Å². The molecule has 0 aliphatic rings. The summed E-state index contributed by atoms with van der Waals surface area (Å²) in [7, 11) is -0.563. The molecule has 0 saturated carbocycles. The van der Waals surface area contributed by atoms with Crippen LogP contribution in [0.2, 0.25) is 0 Å². The number of hydrogen-bond donors (Lipinski definition) is 2. The van der Waals surface area contributed by atoms with Gasteiger partial charge in [0.25, 0.3) is 0 Å². The number of nitrogens with zero attached hydrogens (tertiary/aromatic N) is 1. The highest BCUT2D eigenvalue weighted by Gasteiger charge is 2.21. The average molecular weight is 219 g/mol. The normalized spacial score (nSPS) is 9.38. The zero-order valence-corrected chi connectivity index (χ0v) is 8.67. The molecule has 0 aliphatic heterocycles. The molecule has 0 aliphatic carbocycles. The van der Waals surface area contributed by atoms with Gasteiger partial charge >= 0.3 is 13.1 Å². The number of ether oxygens (including phenoxy) is 1. The quantitative estimate of drug-likeness (QED) is 0.514. The summed E-state index contributed by atoms with van der Waals surface area (Å²) < 4.78 is 4.50. The van der Waals surface area contributed by atoms with E-state index in [0.717, 1.165) is 0 Å². The topological polar surface area (TPSA) is 90.6 Å². The molecule has 1 aromatic rings. The van der Waals surface area contributed by atoms with E-state index in [1.54, 1.807) is 6.07 Å². The Kier molecular flexibility index (Phi) is 4.06. The van der Waals surface area contributed by atoms with E-state index in [1.165, 1.54) is 19.2 Å². The summed E-state index contributed by atoms with van der Waals surface area (Å²) in [6.07, 6.45) is 0.140. The summed E-state index contributed by atoms with van der Waals surface area (Å²) in [5.41, 5.74) is 0.733. The van der Waals surface area contributed by atoms with Gasteiger partial charge in [-0.15, -0.1) is 0 Å². The van der Waals surface area contributed by atoms with Gasteiger partial charge in [0.05, 0.1) is 25.2 Å². The number of benzene rings is 1. The van der Waals surface area contributed by atoms with Crippen LogP contribution in [-0.4, -0.2) is 30.2 Å². The van der Waals surface area contributed by atoms with Crippen molar-refractivity contribution in [3.8, 4) is 6.07 Å². The lowest BCUT2D eigenvalue weighted by Gasteiger charge is -2.08. The Morgan fingerprint density at radius 1 is 1.56 bits per heavy atom. The van der Waals surface area contributed by atoms with Gasteiger partial charge in [0.2, 0.25) is 0 Å². The molecule has 2 N–H and O–H groups in total. The van der Waals surface area contributed by atoms with Gasteiger partial charge in [-0.25, -0.2) is 4.79 Å². The molecular weight excluding hydrogens is 209 g/mol. The lowest BCUT2D eigenvalue weighted by atomic mass is 9.76. The van der Waals surface area contributed by atoms with Gasteiger partial charge in [-0.1, -0.05) is 12.1 Å². The van der Waals surface area contributed by atoms with Crippen molar-refractivity contribution in [1.29, 1.82) is 5.26 Å². The molecule has 16 heavy (non-hydrogen) atoms. The number of carbonyl (C=O) groups is 1. The van der Waals surface area contributed by atoms with Gasteiger partial charge in [0, 0.05) is 0 Å². The van der Waals surface area contributed by atoms with Crippen LogP contribution in [0.3, 0.4) is 0 Å². The predicted molar refractivity (Wildman–Crippen MR) is 56.9 cm³/mol. The lowest BCUT2D eigenvalue weighted by Crippen LogP contribution is -2.35. The Hall–Kier alpha value is -1.84. The molecule has 5 nitrogen and oxygen atoms in total. The summed E-state index contributed by atoms with van der Waals surface area (Å²) in [5.74, 6) is -0.647. The average Bonchev–Trinajstić information content (AvgIpc) is 2.28. The molecule has 1 rings (SSSR count). The minimum atomic E-state index is -1.77. The monoisotopic (exact) mass is 219 g/mol. The zero-order chi connectivity index (χ0) is 12.1. The third-order valence-corrected chi connectivity index (χ3v) is 2.08. The first-order valence-corrected chi connectivity index (χ1v) is 4.54. The van der Waals surface area contributed by atoms with Crippen molar-refractivity contribution in [3.05, 3.63) is 29.3 Å². The highest BCUT2D eigenvalue weighted by Crippen LogP contribution is 2.05. The minimum Gasteiger partial charge on any atom is -0.465 e.